The molecule has 2 aliphatic rings. The molecule has 0 aromatic heterocycles. The maximum Gasteiger partial charge on any atom is 0.0618 e. The minimum atomic E-state index is 0.123. The summed E-state index contributed by atoms with van der Waals surface area (Å²) in [4.78, 5) is 2.51. The summed E-state index contributed by atoms with van der Waals surface area (Å²) in [6, 6.07) is 49.6. The van der Waals surface area contributed by atoms with Gasteiger partial charge in [0.15, 0.2) is 0 Å². The molecular formula is C49H45N. The van der Waals surface area contributed by atoms with Crippen LogP contribution in [-0.2, 0) is 0 Å². The first-order valence-corrected chi connectivity index (χ1v) is 18.4. The maximum atomic E-state index is 2.51. The van der Waals surface area contributed by atoms with Crippen LogP contribution in [0.15, 0.2) is 151 Å². The van der Waals surface area contributed by atoms with Crippen LogP contribution in [0.5, 0.6) is 0 Å². The lowest BCUT2D eigenvalue weighted by atomic mass is 9.52. The number of hydrogen-bond acceptors (Lipinski definition) is 1. The van der Waals surface area contributed by atoms with Crippen molar-refractivity contribution in [2.24, 2.45) is 22.7 Å². The van der Waals surface area contributed by atoms with Crippen LogP contribution in [0.1, 0.15) is 53.0 Å². The van der Waals surface area contributed by atoms with Crippen molar-refractivity contribution in [2.45, 2.75) is 47.5 Å². The Balaban J connectivity index is 1.40. The molecule has 0 bridgehead atoms. The van der Waals surface area contributed by atoms with Crippen molar-refractivity contribution in [1.82, 2.24) is 0 Å². The molecule has 7 aromatic carbocycles. The van der Waals surface area contributed by atoms with Gasteiger partial charge >= 0.3 is 0 Å². The van der Waals surface area contributed by atoms with Gasteiger partial charge in [-0.2, -0.15) is 0 Å². The third-order valence-electron chi connectivity index (χ3n) is 12.0. The number of nitrogens with zero attached hydrogens (tertiary/aromatic N) is 1. The fourth-order valence-corrected chi connectivity index (χ4v) is 9.59. The lowest BCUT2D eigenvalue weighted by Crippen LogP contribution is -2.42. The molecule has 0 heterocycles. The van der Waals surface area contributed by atoms with E-state index in [9.17, 15) is 0 Å². The van der Waals surface area contributed by atoms with Crippen molar-refractivity contribution in [1.29, 1.82) is 0 Å². The molecule has 0 aliphatic heterocycles. The first kappa shape index (κ1) is 30.9. The van der Waals surface area contributed by atoms with Gasteiger partial charge < -0.3 is 4.90 Å². The molecular weight excluding hydrogens is 603 g/mol. The largest absolute Gasteiger partial charge is 0.309 e. The van der Waals surface area contributed by atoms with E-state index >= 15 is 0 Å². The third kappa shape index (κ3) is 4.82. The van der Waals surface area contributed by atoms with Gasteiger partial charge in [0.05, 0.1) is 5.69 Å². The van der Waals surface area contributed by atoms with Crippen molar-refractivity contribution in [3.05, 3.63) is 157 Å². The van der Waals surface area contributed by atoms with Crippen molar-refractivity contribution < 1.29 is 0 Å². The standard InChI is InChI=1S/C49H45N/c1-32-22-27-43(46-45(32)48(2,3)28-29-49(46,4)5)44-39-18-10-12-20-41(39)47(42-21-13-11-19-40(42)44)50(37-25-23-33-14-6-8-16-35(33)30-37)38-26-24-34-15-7-9-17-36(34)31-38/h6-27,30-32,45H,28-29H2,1-5H3. The Hall–Kier alpha value is -5.14. The van der Waals surface area contributed by atoms with E-state index in [1.807, 2.05) is 0 Å². The summed E-state index contributed by atoms with van der Waals surface area (Å²) in [7, 11) is 0. The Kier molecular flexibility index (Phi) is 7.08. The van der Waals surface area contributed by atoms with Crippen LogP contribution in [0, 0.1) is 22.7 Å². The van der Waals surface area contributed by atoms with Crippen LogP contribution in [0.2, 0.25) is 0 Å². The van der Waals surface area contributed by atoms with Gasteiger partial charge in [0, 0.05) is 22.1 Å². The zero-order chi connectivity index (χ0) is 34.2. The highest BCUT2D eigenvalue weighted by Crippen LogP contribution is 2.60. The Morgan fingerprint density at radius 3 is 1.56 bits per heavy atom. The molecule has 1 nitrogen and oxygen atoms in total. The van der Waals surface area contributed by atoms with Gasteiger partial charge in [0.2, 0.25) is 0 Å². The molecule has 0 spiro atoms. The Bertz CT molecular complexity index is 2390. The molecule has 246 valence electrons. The van der Waals surface area contributed by atoms with Crippen molar-refractivity contribution in [3.8, 4) is 0 Å². The second-order valence-corrected chi connectivity index (χ2v) is 16.1. The van der Waals surface area contributed by atoms with Gasteiger partial charge in [-0.25, -0.2) is 0 Å². The molecule has 2 unspecified atom stereocenters. The average Bonchev–Trinajstić information content (AvgIpc) is 3.13. The van der Waals surface area contributed by atoms with E-state index < -0.39 is 0 Å². The van der Waals surface area contributed by atoms with E-state index in [0.29, 0.717) is 11.8 Å². The van der Waals surface area contributed by atoms with E-state index in [0.717, 1.165) is 11.4 Å². The predicted molar refractivity (Wildman–Crippen MR) is 217 cm³/mol. The fourth-order valence-electron chi connectivity index (χ4n) is 9.59. The molecule has 50 heavy (non-hydrogen) atoms. The monoisotopic (exact) mass is 647 g/mol. The van der Waals surface area contributed by atoms with E-state index in [-0.39, 0.29) is 10.8 Å². The average molecular weight is 648 g/mol. The minimum absolute atomic E-state index is 0.123. The van der Waals surface area contributed by atoms with Gasteiger partial charge in [0.25, 0.3) is 0 Å². The summed E-state index contributed by atoms with van der Waals surface area (Å²) < 4.78 is 0. The zero-order valence-electron chi connectivity index (χ0n) is 29.9. The van der Waals surface area contributed by atoms with Crippen molar-refractivity contribution in [2.75, 3.05) is 4.90 Å². The normalized spacial score (nSPS) is 19.7. The number of anilines is 3. The molecule has 9 rings (SSSR count). The quantitative estimate of drug-likeness (QED) is 0.172. The van der Waals surface area contributed by atoms with Gasteiger partial charge in [-0.3, -0.25) is 0 Å². The molecule has 1 saturated carbocycles. The van der Waals surface area contributed by atoms with E-state index in [4.69, 9.17) is 0 Å². The maximum absolute atomic E-state index is 2.51. The van der Waals surface area contributed by atoms with Crippen LogP contribution >= 0.6 is 0 Å². The highest BCUT2D eigenvalue weighted by Gasteiger charge is 2.48. The van der Waals surface area contributed by atoms with Crippen molar-refractivity contribution >= 4 is 65.7 Å². The summed E-state index contributed by atoms with van der Waals surface area (Å²) >= 11 is 0. The topological polar surface area (TPSA) is 3.24 Å². The summed E-state index contributed by atoms with van der Waals surface area (Å²) in [5.74, 6) is 1.02. The fraction of sp³-hybridized carbons (Fsp3) is 0.224. The van der Waals surface area contributed by atoms with Gasteiger partial charge in [0.1, 0.15) is 0 Å². The number of fused-ring (bicyclic) bond motifs is 5. The van der Waals surface area contributed by atoms with Crippen LogP contribution in [0.25, 0.3) is 48.7 Å². The van der Waals surface area contributed by atoms with Crippen LogP contribution in [0.3, 0.4) is 0 Å². The van der Waals surface area contributed by atoms with Crippen molar-refractivity contribution in [3.63, 3.8) is 0 Å². The van der Waals surface area contributed by atoms with Gasteiger partial charge in [-0.15, -0.1) is 0 Å². The molecule has 2 atom stereocenters. The second-order valence-electron chi connectivity index (χ2n) is 16.1. The Labute approximate surface area is 296 Å². The second kappa shape index (κ2) is 11.5. The number of rotatable bonds is 4. The smallest absolute Gasteiger partial charge is 0.0618 e. The van der Waals surface area contributed by atoms with E-state index in [2.05, 4.69) is 185 Å². The van der Waals surface area contributed by atoms with Gasteiger partial charge in [-0.05, 0) is 103 Å². The van der Waals surface area contributed by atoms with E-state index in [1.165, 1.54) is 72.8 Å². The molecule has 0 radical (unpaired) electrons. The lowest BCUT2D eigenvalue weighted by molar-refractivity contribution is 0.0987. The number of allylic oxidation sites excluding steroid dienone is 4. The molecule has 0 N–H and O–H groups in total. The molecule has 0 amide bonds. The number of benzene rings is 7. The molecule has 1 heteroatoms. The molecule has 1 fully saturated rings. The Morgan fingerprint density at radius 1 is 0.540 bits per heavy atom. The first-order chi connectivity index (χ1) is 24.2. The highest BCUT2D eigenvalue weighted by molar-refractivity contribution is 6.21. The van der Waals surface area contributed by atoms with Gasteiger partial charge in [-0.1, -0.05) is 162 Å². The van der Waals surface area contributed by atoms with Crippen LogP contribution < -0.4 is 4.90 Å². The van der Waals surface area contributed by atoms with Crippen LogP contribution in [0.4, 0.5) is 17.1 Å². The molecule has 7 aromatic rings. The highest BCUT2D eigenvalue weighted by atomic mass is 15.1. The summed E-state index contributed by atoms with van der Waals surface area (Å²) in [6.07, 6.45) is 7.45. The summed E-state index contributed by atoms with van der Waals surface area (Å²) in [6.45, 7) is 12.4. The van der Waals surface area contributed by atoms with Crippen LogP contribution in [-0.4, -0.2) is 0 Å². The molecule has 0 saturated heterocycles. The first-order valence-electron chi connectivity index (χ1n) is 18.4. The lowest BCUT2D eigenvalue weighted by Gasteiger charge is -2.52. The molecule has 2 aliphatic carbocycles. The summed E-state index contributed by atoms with van der Waals surface area (Å²) in [5, 5.41) is 10.1. The summed E-state index contributed by atoms with van der Waals surface area (Å²) in [5.41, 5.74) is 8.37. The SMILES string of the molecule is CC1C=CC(c2c3ccccc3c(N(c3ccc4ccccc4c3)c3ccc4ccccc4c3)c3ccccc23)=C2C1C(C)(C)CCC2(C)C. The minimum Gasteiger partial charge on any atom is -0.309 e. The van der Waals surface area contributed by atoms with E-state index in [1.54, 1.807) is 5.57 Å². The zero-order valence-corrected chi connectivity index (χ0v) is 29.9. The Morgan fingerprint density at radius 2 is 1.02 bits per heavy atom. The number of hydrogen-bond donors (Lipinski definition) is 0. The predicted octanol–water partition coefficient (Wildman–Crippen LogP) is 14.2. The third-order valence-corrected chi connectivity index (χ3v) is 12.0.